The highest BCUT2D eigenvalue weighted by atomic mass is 79.9. The maximum atomic E-state index is 11.0. The van der Waals surface area contributed by atoms with Crippen molar-refractivity contribution in [1.29, 1.82) is 0 Å². The summed E-state index contributed by atoms with van der Waals surface area (Å²) < 4.78 is 5.57. The van der Waals surface area contributed by atoms with Crippen LogP contribution in [-0.2, 0) is 11.3 Å². The normalized spacial score (nSPS) is 9.73. The molecule has 0 spiro atoms. The van der Waals surface area contributed by atoms with Gasteiger partial charge >= 0.3 is 6.09 Å². The van der Waals surface area contributed by atoms with E-state index in [-0.39, 0.29) is 13.2 Å². The van der Waals surface area contributed by atoms with Gasteiger partial charge in [-0.3, -0.25) is 0 Å². The predicted octanol–water partition coefficient (Wildman–Crippen LogP) is 1.67. The van der Waals surface area contributed by atoms with Gasteiger partial charge in [-0.1, -0.05) is 34.1 Å². The lowest BCUT2D eigenvalue weighted by Crippen LogP contribution is -2.24. The first-order valence-electron chi connectivity index (χ1n) is 4.49. The van der Waals surface area contributed by atoms with Gasteiger partial charge in [-0.2, -0.15) is 0 Å². The number of hydrogen-bond donors (Lipinski definition) is 2. The maximum Gasteiger partial charge on any atom is 0.407 e. The second kappa shape index (κ2) is 6.42. The number of aliphatic hydroxyl groups excluding tert-OH is 1. The number of halogens is 1. The van der Waals surface area contributed by atoms with E-state index < -0.39 is 6.09 Å². The third kappa shape index (κ3) is 4.31. The predicted molar refractivity (Wildman–Crippen MR) is 59.4 cm³/mol. The Kier molecular flexibility index (Phi) is 5.14. The molecule has 5 heteroatoms. The lowest BCUT2D eigenvalue weighted by atomic mass is 10.2. The molecule has 0 unspecified atom stereocenters. The summed E-state index contributed by atoms with van der Waals surface area (Å²) in [7, 11) is 0. The molecule has 0 aromatic heterocycles. The number of nitrogens with one attached hydrogen (secondary N) is 1. The minimum absolute atomic E-state index is 0.0157. The highest BCUT2D eigenvalue weighted by Gasteiger charge is 2.02. The first-order chi connectivity index (χ1) is 7.24. The van der Waals surface area contributed by atoms with Gasteiger partial charge in [-0.25, -0.2) is 4.79 Å². The molecule has 0 atom stereocenters. The molecular formula is C10H12BrNO3. The molecule has 82 valence electrons. The fourth-order valence-electron chi connectivity index (χ4n) is 0.999. The fraction of sp³-hybridized carbons (Fsp3) is 0.300. The molecule has 1 amide bonds. The van der Waals surface area contributed by atoms with Gasteiger partial charge in [0.05, 0.1) is 6.61 Å². The topological polar surface area (TPSA) is 58.6 Å². The highest BCUT2D eigenvalue weighted by Crippen LogP contribution is 2.15. The molecule has 2 N–H and O–H groups in total. The minimum Gasteiger partial charge on any atom is -0.447 e. The van der Waals surface area contributed by atoms with Gasteiger partial charge < -0.3 is 15.2 Å². The zero-order valence-electron chi connectivity index (χ0n) is 8.07. The van der Waals surface area contributed by atoms with Gasteiger partial charge in [-0.05, 0) is 11.6 Å². The first kappa shape index (κ1) is 12.0. The van der Waals surface area contributed by atoms with E-state index >= 15 is 0 Å². The van der Waals surface area contributed by atoms with Crippen molar-refractivity contribution < 1.29 is 14.6 Å². The Morgan fingerprint density at radius 3 is 2.87 bits per heavy atom. The van der Waals surface area contributed by atoms with Crippen LogP contribution in [0.5, 0.6) is 0 Å². The number of aliphatic hydroxyl groups is 1. The quantitative estimate of drug-likeness (QED) is 0.878. The van der Waals surface area contributed by atoms with Crippen molar-refractivity contribution in [3.8, 4) is 0 Å². The lowest BCUT2D eigenvalue weighted by molar-refractivity contribution is 0.119. The Hall–Kier alpha value is -1.07. The van der Waals surface area contributed by atoms with Gasteiger partial charge in [0, 0.05) is 11.0 Å². The van der Waals surface area contributed by atoms with Crippen molar-refractivity contribution in [2.24, 2.45) is 0 Å². The van der Waals surface area contributed by atoms with Crippen LogP contribution in [0.1, 0.15) is 5.56 Å². The number of amides is 1. The van der Waals surface area contributed by atoms with Crippen LogP contribution in [0.15, 0.2) is 28.7 Å². The molecule has 0 saturated carbocycles. The van der Waals surface area contributed by atoms with Crippen molar-refractivity contribution in [2.45, 2.75) is 6.54 Å². The summed E-state index contributed by atoms with van der Waals surface area (Å²) in [6.45, 7) is 0.246. The Morgan fingerprint density at radius 2 is 2.20 bits per heavy atom. The molecule has 1 aromatic carbocycles. The molecule has 15 heavy (non-hydrogen) atoms. The molecule has 0 bridgehead atoms. The van der Waals surface area contributed by atoms with Crippen LogP contribution in [0.2, 0.25) is 0 Å². The average molecular weight is 274 g/mol. The summed E-state index contributed by atoms with van der Waals surface area (Å²) in [6.07, 6.45) is -0.528. The van der Waals surface area contributed by atoms with E-state index in [1.165, 1.54) is 0 Å². The van der Waals surface area contributed by atoms with Gasteiger partial charge in [0.2, 0.25) is 0 Å². The summed E-state index contributed by atoms with van der Waals surface area (Å²) in [5.41, 5.74) is 0.971. The Bertz CT molecular complexity index is 330. The van der Waals surface area contributed by atoms with E-state index in [9.17, 15) is 4.79 Å². The summed E-state index contributed by atoms with van der Waals surface area (Å²) in [6, 6.07) is 7.59. The summed E-state index contributed by atoms with van der Waals surface area (Å²) in [5.74, 6) is 0. The number of carbonyl (C=O) groups is 1. The molecule has 0 saturated heterocycles. The number of alkyl carbamates (subject to hydrolysis) is 1. The smallest absolute Gasteiger partial charge is 0.407 e. The van der Waals surface area contributed by atoms with Gasteiger partial charge in [0.1, 0.15) is 6.61 Å². The first-order valence-corrected chi connectivity index (χ1v) is 5.28. The second-order valence-electron chi connectivity index (χ2n) is 2.80. The summed E-state index contributed by atoms with van der Waals surface area (Å²) in [5, 5.41) is 11.0. The lowest BCUT2D eigenvalue weighted by Gasteiger charge is -2.06. The van der Waals surface area contributed by atoms with E-state index in [1.807, 2.05) is 24.3 Å². The van der Waals surface area contributed by atoms with E-state index in [1.54, 1.807) is 0 Å². The molecular weight excluding hydrogens is 262 g/mol. The molecule has 1 rings (SSSR count). The van der Waals surface area contributed by atoms with E-state index in [2.05, 4.69) is 26.0 Å². The standard InChI is InChI=1S/C10H12BrNO3/c11-9-4-2-1-3-8(9)7-12-10(14)15-6-5-13/h1-4,13H,5-7H2,(H,12,14). The van der Waals surface area contributed by atoms with Crippen molar-refractivity contribution in [3.63, 3.8) is 0 Å². The minimum atomic E-state index is -0.528. The number of hydrogen-bond acceptors (Lipinski definition) is 3. The molecule has 0 aliphatic rings. The second-order valence-corrected chi connectivity index (χ2v) is 3.66. The Morgan fingerprint density at radius 1 is 1.47 bits per heavy atom. The van der Waals surface area contributed by atoms with Crippen molar-refractivity contribution in [1.82, 2.24) is 5.32 Å². The van der Waals surface area contributed by atoms with Crippen molar-refractivity contribution in [2.75, 3.05) is 13.2 Å². The fourth-order valence-corrected chi connectivity index (χ4v) is 1.42. The van der Waals surface area contributed by atoms with Gasteiger partial charge in [0.15, 0.2) is 0 Å². The van der Waals surface area contributed by atoms with Crippen LogP contribution in [0.3, 0.4) is 0 Å². The molecule has 0 aliphatic heterocycles. The van der Waals surface area contributed by atoms with Crippen molar-refractivity contribution in [3.05, 3.63) is 34.3 Å². The number of carbonyl (C=O) groups excluding carboxylic acids is 1. The number of ether oxygens (including phenoxy) is 1. The molecule has 0 radical (unpaired) electrons. The highest BCUT2D eigenvalue weighted by molar-refractivity contribution is 9.10. The van der Waals surface area contributed by atoms with Crippen LogP contribution in [0, 0.1) is 0 Å². The summed E-state index contributed by atoms with van der Waals surface area (Å²) >= 11 is 3.37. The van der Waals surface area contributed by atoms with E-state index in [4.69, 9.17) is 5.11 Å². The molecule has 4 nitrogen and oxygen atoms in total. The third-order valence-corrected chi connectivity index (χ3v) is 2.48. The monoisotopic (exact) mass is 273 g/mol. The third-order valence-electron chi connectivity index (χ3n) is 1.71. The van der Waals surface area contributed by atoms with E-state index in [0.717, 1.165) is 10.0 Å². The van der Waals surface area contributed by atoms with Crippen molar-refractivity contribution >= 4 is 22.0 Å². The van der Waals surface area contributed by atoms with Crippen LogP contribution in [0.4, 0.5) is 4.79 Å². The SMILES string of the molecule is O=C(NCc1ccccc1Br)OCCO. The van der Waals surface area contributed by atoms with E-state index in [0.29, 0.717) is 6.54 Å². The zero-order chi connectivity index (χ0) is 11.1. The Labute approximate surface area is 96.4 Å². The molecule has 0 aliphatic carbocycles. The van der Waals surface area contributed by atoms with Crippen LogP contribution in [-0.4, -0.2) is 24.4 Å². The molecule has 0 heterocycles. The van der Waals surface area contributed by atoms with Crippen LogP contribution < -0.4 is 5.32 Å². The molecule has 1 aromatic rings. The largest absolute Gasteiger partial charge is 0.447 e. The number of benzene rings is 1. The van der Waals surface area contributed by atoms with Gasteiger partial charge in [-0.15, -0.1) is 0 Å². The average Bonchev–Trinajstić information content (AvgIpc) is 2.25. The van der Waals surface area contributed by atoms with Gasteiger partial charge in [0.25, 0.3) is 0 Å². The summed E-state index contributed by atoms with van der Waals surface area (Å²) in [4.78, 5) is 11.0. The Balaban J connectivity index is 2.37. The number of rotatable bonds is 4. The maximum absolute atomic E-state index is 11.0. The van der Waals surface area contributed by atoms with Crippen LogP contribution in [0.25, 0.3) is 0 Å². The zero-order valence-corrected chi connectivity index (χ0v) is 9.66. The molecule has 0 fully saturated rings. The van der Waals surface area contributed by atoms with Crippen LogP contribution >= 0.6 is 15.9 Å².